The number of halogens is 1. The number of amides is 1. The Morgan fingerprint density at radius 1 is 1.09 bits per heavy atom. The fourth-order valence-corrected chi connectivity index (χ4v) is 6.71. The molecule has 0 aliphatic carbocycles. The molecule has 4 rings (SSSR count). The number of sulfonamides is 1. The lowest BCUT2D eigenvalue weighted by molar-refractivity contribution is -0.141. The zero-order valence-corrected chi connectivity index (χ0v) is 20.5. The van der Waals surface area contributed by atoms with E-state index in [2.05, 4.69) is 0 Å². The van der Waals surface area contributed by atoms with Crippen molar-refractivity contribution in [2.45, 2.75) is 37.7 Å². The molecule has 2 aromatic rings. The van der Waals surface area contributed by atoms with E-state index < -0.39 is 27.2 Å². The molecule has 2 aliphatic rings. The number of methoxy groups -OCH3 is 1. The summed E-state index contributed by atoms with van der Waals surface area (Å²) in [5, 5.41) is -0.593. The Kier molecular flexibility index (Phi) is 7.54. The summed E-state index contributed by atoms with van der Waals surface area (Å²) in [6.07, 6.45) is 0.835. The molecule has 7 nitrogen and oxygen atoms in total. The number of piperazine rings is 1. The van der Waals surface area contributed by atoms with E-state index in [1.807, 2.05) is 41.3 Å². The van der Waals surface area contributed by atoms with Crippen molar-refractivity contribution in [3.05, 3.63) is 65.5 Å². The standard InChI is InChI=1S/C25H32FN3O4S/c1-19(33-2)25(30)28-15-13-27(14-16-28)22-11-10-21(23(26)17-22)18-29-12-6-9-24(34(29,31)32)20-7-4-3-5-8-20/h3-5,7-8,10-11,17,19,24H,6,9,12-16,18H2,1-2H3. The molecule has 0 aromatic heterocycles. The molecule has 2 atom stereocenters. The van der Waals surface area contributed by atoms with Crippen molar-refractivity contribution in [1.29, 1.82) is 0 Å². The first-order valence-corrected chi connectivity index (χ1v) is 13.2. The van der Waals surface area contributed by atoms with Crippen molar-refractivity contribution in [3.8, 4) is 0 Å². The number of hydrogen-bond donors (Lipinski definition) is 0. The van der Waals surface area contributed by atoms with Crippen LogP contribution < -0.4 is 4.90 Å². The molecular weight excluding hydrogens is 457 g/mol. The van der Waals surface area contributed by atoms with Gasteiger partial charge in [0.25, 0.3) is 5.91 Å². The van der Waals surface area contributed by atoms with Crippen LogP contribution in [0.2, 0.25) is 0 Å². The first-order valence-electron chi connectivity index (χ1n) is 11.7. The lowest BCUT2D eigenvalue weighted by Gasteiger charge is -2.37. The molecule has 9 heteroatoms. The van der Waals surface area contributed by atoms with Crippen LogP contribution in [0.25, 0.3) is 0 Å². The minimum Gasteiger partial charge on any atom is -0.372 e. The molecule has 184 valence electrons. The highest BCUT2D eigenvalue weighted by Crippen LogP contribution is 2.35. The van der Waals surface area contributed by atoms with Gasteiger partial charge in [0.1, 0.15) is 17.2 Å². The van der Waals surface area contributed by atoms with E-state index in [4.69, 9.17) is 4.74 Å². The van der Waals surface area contributed by atoms with Crippen molar-refractivity contribution in [3.63, 3.8) is 0 Å². The van der Waals surface area contributed by atoms with Gasteiger partial charge in [0.2, 0.25) is 10.0 Å². The number of carbonyl (C=O) groups is 1. The van der Waals surface area contributed by atoms with Gasteiger partial charge < -0.3 is 14.5 Å². The molecule has 0 N–H and O–H groups in total. The van der Waals surface area contributed by atoms with Crippen LogP contribution >= 0.6 is 0 Å². The molecule has 2 heterocycles. The van der Waals surface area contributed by atoms with Crippen molar-refractivity contribution in [2.24, 2.45) is 0 Å². The number of nitrogens with zero attached hydrogens (tertiary/aromatic N) is 3. The fourth-order valence-electron chi connectivity index (χ4n) is 4.68. The summed E-state index contributed by atoms with van der Waals surface area (Å²) in [4.78, 5) is 16.1. The second-order valence-corrected chi connectivity index (χ2v) is 11.0. The molecule has 2 fully saturated rings. The maximum absolute atomic E-state index is 15.1. The third-order valence-electron chi connectivity index (χ3n) is 6.81. The second kappa shape index (κ2) is 10.4. The zero-order valence-electron chi connectivity index (χ0n) is 19.7. The summed E-state index contributed by atoms with van der Waals surface area (Å²) < 4.78 is 48.1. The van der Waals surface area contributed by atoms with Crippen LogP contribution in [0.4, 0.5) is 10.1 Å². The van der Waals surface area contributed by atoms with Gasteiger partial charge in [-0.15, -0.1) is 0 Å². The molecule has 0 radical (unpaired) electrons. The number of anilines is 1. The molecule has 0 saturated carbocycles. The van der Waals surface area contributed by atoms with Crippen molar-refractivity contribution < 1.29 is 22.3 Å². The fraction of sp³-hybridized carbons (Fsp3) is 0.480. The Bertz CT molecular complexity index is 1100. The first-order chi connectivity index (χ1) is 16.3. The van der Waals surface area contributed by atoms with Crippen LogP contribution in [0.1, 0.15) is 36.1 Å². The summed E-state index contributed by atoms with van der Waals surface area (Å²) in [7, 11) is -2.06. The number of ether oxygens (including phenoxy) is 1. The Morgan fingerprint density at radius 2 is 1.79 bits per heavy atom. The first kappa shape index (κ1) is 24.6. The quantitative estimate of drug-likeness (QED) is 0.624. The van der Waals surface area contributed by atoms with E-state index in [9.17, 15) is 13.2 Å². The predicted molar refractivity (Wildman–Crippen MR) is 129 cm³/mol. The molecule has 0 bridgehead atoms. The Labute approximate surface area is 201 Å². The van der Waals surface area contributed by atoms with Crippen LogP contribution in [-0.4, -0.2) is 69.5 Å². The van der Waals surface area contributed by atoms with E-state index in [-0.39, 0.29) is 12.5 Å². The monoisotopic (exact) mass is 489 g/mol. The van der Waals surface area contributed by atoms with E-state index in [0.717, 1.165) is 17.7 Å². The summed E-state index contributed by atoms with van der Waals surface area (Å²) >= 11 is 0. The minimum absolute atomic E-state index is 0.0228. The SMILES string of the molecule is COC(C)C(=O)N1CCN(c2ccc(CN3CCCC(c4ccccc4)S3(=O)=O)c(F)c2)CC1. The van der Waals surface area contributed by atoms with Gasteiger partial charge in [-0.25, -0.2) is 12.8 Å². The lowest BCUT2D eigenvalue weighted by Crippen LogP contribution is -2.51. The Morgan fingerprint density at radius 3 is 2.44 bits per heavy atom. The number of rotatable bonds is 6. The van der Waals surface area contributed by atoms with Gasteiger partial charge in [0.15, 0.2) is 0 Å². The van der Waals surface area contributed by atoms with Crippen LogP contribution in [0.3, 0.4) is 0 Å². The van der Waals surface area contributed by atoms with E-state index in [0.29, 0.717) is 44.7 Å². The summed E-state index contributed by atoms with van der Waals surface area (Å²) in [5.41, 5.74) is 1.88. The van der Waals surface area contributed by atoms with Gasteiger partial charge in [-0.3, -0.25) is 4.79 Å². The summed E-state index contributed by atoms with van der Waals surface area (Å²) in [6, 6.07) is 14.2. The maximum atomic E-state index is 15.1. The summed E-state index contributed by atoms with van der Waals surface area (Å²) in [5.74, 6) is -0.457. The number of benzene rings is 2. The molecule has 34 heavy (non-hydrogen) atoms. The van der Waals surface area contributed by atoms with E-state index in [1.54, 1.807) is 17.9 Å². The molecule has 2 unspecified atom stereocenters. The average molecular weight is 490 g/mol. The van der Waals surface area contributed by atoms with Gasteiger partial charge in [-0.1, -0.05) is 36.4 Å². The maximum Gasteiger partial charge on any atom is 0.251 e. The number of carbonyl (C=O) groups excluding carboxylic acids is 1. The topological polar surface area (TPSA) is 70.2 Å². The van der Waals surface area contributed by atoms with Crippen molar-refractivity contribution >= 4 is 21.6 Å². The lowest BCUT2D eigenvalue weighted by atomic mass is 10.1. The van der Waals surface area contributed by atoms with Crippen LogP contribution in [0, 0.1) is 5.82 Å². The Balaban J connectivity index is 1.42. The third kappa shape index (κ3) is 5.11. The van der Waals surface area contributed by atoms with Gasteiger partial charge in [0, 0.05) is 57.6 Å². The highest BCUT2D eigenvalue weighted by Gasteiger charge is 2.37. The normalized spacial score (nSPS) is 21.9. The smallest absolute Gasteiger partial charge is 0.251 e. The molecule has 2 aromatic carbocycles. The average Bonchev–Trinajstić information content (AvgIpc) is 2.85. The molecule has 1 amide bonds. The van der Waals surface area contributed by atoms with Gasteiger partial charge in [-0.05, 0) is 37.5 Å². The molecule has 2 saturated heterocycles. The highest BCUT2D eigenvalue weighted by atomic mass is 32.2. The van der Waals surface area contributed by atoms with Gasteiger partial charge in [0.05, 0.1) is 0 Å². The Hall–Kier alpha value is -2.49. The predicted octanol–water partition coefficient (Wildman–Crippen LogP) is 3.18. The third-order valence-corrected chi connectivity index (χ3v) is 9.06. The van der Waals surface area contributed by atoms with E-state index >= 15 is 4.39 Å². The van der Waals surface area contributed by atoms with Crippen molar-refractivity contribution in [1.82, 2.24) is 9.21 Å². The van der Waals surface area contributed by atoms with Crippen LogP contribution in [-0.2, 0) is 26.1 Å². The van der Waals surface area contributed by atoms with Gasteiger partial charge >= 0.3 is 0 Å². The van der Waals surface area contributed by atoms with Gasteiger partial charge in [-0.2, -0.15) is 4.31 Å². The number of hydrogen-bond acceptors (Lipinski definition) is 5. The van der Waals surface area contributed by atoms with Crippen molar-refractivity contribution in [2.75, 3.05) is 44.7 Å². The van der Waals surface area contributed by atoms with E-state index in [1.165, 1.54) is 17.5 Å². The molecule has 2 aliphatic heterocycles. The molecular formula is C25H32FN3O4S. The van der Waals surface area contributed by atoms with Crippen LogP contribution in [0.5, 0.6) is 0 Å². The summed E-state index contributed by atoms with van der Waals surface area (Å²) in [6.45, 7) is 4.43. The zero-order chi connectivity index (χ0) is 24.3. The minimum atomic E-state index is -3.58. The largest absolute Gasteiger partial charge is 0.372 e. The molecule has 0 spiro atoms. The highest BCUT2D eigenvalue weighted by molar-refractivity contribution is 7.89. The van der Waals surface area contributed by atoms with Crippen LogP contribution in [0.15, 0.2) is 48.5 Å². The second-order valence-electron chi connectivity index (χ2n) is 8.89.